The normalized spacial score (nSPS) is 10.7. The van der Waals surface area contributed by atoms with E-state index >= 15 is 0 Å². The second-order valence-corrected chi connectivity index (χ2v) is 8.45. The highest BCUT2D eigenvalue weighted by Gasteiger charge is 2.18. The first-order chi connectivity index (χ1) is 16.6. The number of hydrogen-bond donors (Lipinski definition) is 2. The first-order valence-corrected chi connectivity index (χ1v) is 12.0. The van der Waals surface area contributed by atoms with Crippen molar-refractivity contribution in [3.8, 4) is 22.9 Å². The molecule has 0 spiro atoms. The molecule has 0 saturated carbocycles. The number of anilines is 1. The molecule has 4 rings (SSSR count). The van der Waals surface area contributed by atoms with Crippen molar-refractivity contribution in [1.82, 2.24) is 14.8 Å². The average molecular weight is 475 g/mol. The molecule has 1 aromatic heterocycles. The molecule has 2 N–H and O–H groups in total. The zero-order chi connectivity index (χ0) is 23.8. The van der Waals surface area contributed by atoms with Gasteiger partial charge in [0.2, 0.25) is 5.91 Å². The van der Waals surface area contributed by atoms with E-state index in [0.717, 1.165) is 12.2 Å². The minimum atomic E-state index is -0.143. The third-order valence-corrected chi connectivity index (χ3v) is 6.08. The molecule has 7 nitrogen and oxygen atoms in total. The summed E-state index contributed by atoms with van der Waals surface area (Å²) in [5.41, 5.74) is 2.49. The molecule has 0 aliphatic heterocycles. The number of ether oxygens (including phenoxy) is 1. The van der Waals surface area contributed by atoms with Crippen molar-refractivity contribution in [2.45, 2.75) is 25.0 Å². The van der Waals surface area contributed by atoms with Crippen LogP contribution in [-0.2, 0) is 17.8 Å². The van der Waals surface area contributed by atoms with Crippen molar-refractivity contribution in [2.24, 2.45) is 0 Å². The van der Waals surface area contributed by atoms with Crippen molar-refractivity contribution >= 4 is 23.4 Å². The molecule has 0 saturated heterocycles. The smallest absolute Gasteiger partial charge is 0.234 e. The van der Waals surface area contributed by atoms with Crippen molar-refractivity contribution in [2.75, 3.05) is 17.7 Å². The monoisotopic (exact) mass is 474 g/mol. The quantitative estimate of drug-likeness (QED) is 0.314. The van der Waals surface area contributed by atoms with E-state index in [1.54, 1.807) is 12.1 Å². The number of aromatic nitrogens is 3. The Kier molecular flexibility index (Phi) is 7.83. The van der Waals surface area contributed by atoms with Gasteiger partial charge < -0.3 is 19.7 Å². The molecular formula is C26H26N4O3S. The highest BCUT2D eigenvalue weighted by Crippen LogP contribution is 2.30. The summed E-state index contributed by atoms with van der Waals surface area (Å²) >= 11 is 1.31. The van der Waals surface area contributed by atoms with Gasteiger partial charge in [-0.05, 0) is 55.3 Å². The van der Waals surface area contributed by atoms with E-state index in [0.29, 0.717) is 35.4 Å². The van der Waals surface area contributed by atoms with Crippen LogP contribution >= 0.6 is 11.8 Å². The van der Waals surface area contributed by atoms with Crippen molar-refractivity contribution in [1.29, 1.82) is 0 Å². The highest BCUT2D eigenvalue weighted by molar-refractivity contribution is 7.99. The predicted octanol–water partition coefficient (Wildman–Crippen LogP) is 5.02. The van der Waals surface area contributed by atoms with Gasteiger partial charge in [0.15, 0.2) is 11.0 Å². The first-order valence-electron chi connectivity index (χ1n) is 11.0. The number of carbonyl (C=O) groups is 1. The summed E-state index contributed by atoms with van der Waals surface area (Å²) in [5, 5.41) is 22.5. The predicted molar refractivity (Wildman–Crippen MR) is 134 cm³/mol. The van der Waals surface area contributed by atoms with E-state index in [-0.39, 0.29) is 17.4 Å². The summed E-state index contributed by atoms with van der Waals surface area (Å²) < 4.78 is 7.39. The van der Waals surface area contributed by atoms with Crippen LogP contribution in [0.1, 0.15) is 12.5 Å². The molecule has 0 atom stereocenters. The van der Waals surface area contributed by atoms with Crippen molar-refractivity contribution in [3.63, 3.8) is 0 Å². The van der Waals surface area contributed by atoms with E-state index < -0.39 is 0 Å². The van der Waals surface area contributed by atoms with E-state index in [1.807, 2.05) is 66.1 Å². The number of phenolic OH excluding ortho intramolecular Hbond substituents is 1. The summed E-state index contributed by atoms with van der Waals surface area (Å²) in [6.07, 6.45) is 0.769. The van der Waals surface area contributed by atoms with Gasteiger partial charge in [-0.2, -0.15) is 0 Å². The van der Waals surface area contributed by atoms with E-state index in [2.05, 4.69) is 27.6 Å². The number of thioether (sulfide) groups is 1. The van der Waals surface area contributed by atoms with Crippen LogP contribution in [0.4, 0.5) is 5.69 Å². The highest BCUT2D eigenvalue weighted by atomic mass is 32.2. The fourth-order valence-electron chi connectivity index (χ4n) is 3.47. The van der Waals surface area contributed by atoms with Crippen molar-refractivity contribution in [3.05, 3.63) is 84.4 Å². The summed E-state index contributed by atoms with van der Waals surface area (Å²) in [6.45, 7) is 3.13. The number of rotatable bonds is 10. The van der Waals surface area contributed by atoms with Crippen LogP contribution in [0.15, 0.2) is 84.0 Å². The zero-order valence-electron chi connectivity index (χ0n) is 18.8. The number of para-hydroxylation sites is 1. The van der Waals surface area contributed by atoms with Crippen LogP contribution < -0.4 is 10.1 Å². The van der Waals surface area contributed by atoms with Crippen LogP contribution in [0, 0.1) is 0 Å². The Morgan fingerprint density at radius 2 is 1.74 bits per heavy atom. The molecule has 4 aromatic rings. The number of hydrogen-bond acceptors (Lipinski definition) is 6. The van der Waals surface area contributed by atoms with Gasteiger partial charge in [0.1, 0.15) is 11.5 Å². The molecule has 0 unspecified atom stereocenters. The lowest BCUT2D eigenvalue weighted by atomic mass is 10.1. The number of nitrogens with zero attached hydrogens (tertiary/aromatic N) is 3. The largest absolute Gasteiger partial charge is 0.507 e. The SMILES string of the molecule is CCOc1ccc(NC(=O)CSc2nnc(-c3ccccc3O)n2CCc2ccccc2)cc1. The molecule has 8 heteroatoms. The lowest BCUT2D eigenvalue weighted by Gasteiger charge is -2.11. The number of benzene rings is 3. The minimum absolute atomic E-state index is 0.139. The number of carbonyl (C=O) groups excluding carboxylic acids is 1. The van der Waals surface area contributed by atoms with Gasteiger partial charge in [0.25, 0.3) is 0 Å². The number of nitrogens with one attached hydrogen (secondary N) is 1. The van der Waals surface area contributed by atoms with E-state index in [1.165, 1.54) is 17.3 Å². The molecule has 1 amide bonds. The van der Waals surface area contributed by atoms with Gasteiger partial charge >= 0.3 is 0 Å². The number of phenols is 1. The molecule has 0 aliphatic carbocycles. The minimum Gasteiger partial charge on any atom is -0.507 e. The number of aromatic hydroxyl groups is 1. The van der Waals surface area contributed by atoms with Gasteiger partial charge in [-0.15, -0.1) is 10.2 Å². The van der Waals surface area contributed by atoms with Gasteiger partial charge in [-0.3, -0.25) is 4.79 Å². The topological polar surface area (TPSA) is 89.3 Å². The molecule has 3 aromatic carbocycles. The van der Waals surface area contributed by atoms with E-state index in [4.69, 9.17) is 4.74 Å². The average Bonchev–Trinajstić information content (AvgIpc) is 3.26. The van der Waals surface area contributed by atoms with Gasteiger partial charge in [-0.25, -0.2) is 0 Å². The maximum Gasteiger partial charge on any atom is 0.234 e. The van der Waals surface area contributed by atoms with Crippen LogP contribution in [-0.4, -0.2) is 38.1 Å². The molecule has 0 aliphatic rings. The van der Waals surface area contributed by atoms with Crippen LogP contribution in [0.25, 0.3) is 11.4 Å². The van der Waals surface area contributed by atoms with Crippen LogP contribution in [0.5, 0.6) is 11.5 Å². The summed E-state index contributed by atoms with van der Waals surface area (Å²) in [6, 6.07) is 24.5. The maximum absolute atomic E-state index is 12.6. The standard InChI is InChI=1S/C26H26N4O3S/c1-2-33-21-14-12-20(13-15-21)27-24(32)18-34-26-29-28-25(22-10-6-7-11-23(22)31)30(26)17-16-19-8-4-3-5-9-19/h3-15,31H,2,16-18H2,1H3,(H,27,32). The number of amides is 1. The number of aryl methyl sites for hydroxylation is 1. The first kappa shape index (κ1) is 23.4. The second kappa shape index (κ2) is 11.4. The molecule has 174 valence electrons. The fraction of sp³-hybridized carbons (Fsp3) is 0.192. The molecule has 34 heavy (non-hydrogen) atoms. The third kappa shape index (κ3) is 5.96. The molecule has 0 radical (unpaired) electrons. The lowest BCUT2D eigenvalue weighted by Crippen LogP contribution is -2.15. The van der Waals surface area contributed by atoms with Crippen LogP contribution in [0.2, 0.25) is 0 Å². The van der Waals surface area contributed by atoms with Crippen LogP contribution in [0.3, 0.4) is 0 Å². The zero-order valence-corrected chi connectivity index (χ0v) is 19.7. The van der Waals surface area contributed by atoms with Gasteiger partial charge in [0, 0.05) is 12.2 Å². The fourth-order valence-corrected chi connectivity index (χ4v) is 4.24. The van der Waals surface area contributed by atoms with E-state index in [9.17, 15) is 9.90 Å². The molecule has 0 fully saturated rings. The second-order valence-electron chi connectivity index (χ2n) is 7.50. The van der Waals surface area contributed by atoms with Gasteiger partial charge in [0.05, 0.1) is 17.9 Å². The lowest BCUT2D eigenvalue weighted by molar-refractivity contribution is -0.113. The Morgan fingerprint density at radius 1 is 1.00 bits per heavy atom. The molecule has 1 heterocycles. The van der Waals surface area contributed by atoms with Crippen molar-refractivity contribution < 1.29 is 14.6 Å². The maximum atomic E-state index is 12.6. The Hall–Kier alpha value is -3.78. The molecular weight excluding hydrogens is 448 g/mol. The Morgan fingerprint density at radius 3 is 2.47 bits per heavy atom. The summed E-state index contributed by atoms with van der Waals surface area (Å²) in [4.78, 5) is 12.6. The Bertz CT molecular complexity index is 1230. The molecule has 0 bridgehead atoms. The third-order valence-electron chi connectivity index (χ3n) is 5.11. The Balaban J connectivity index is 1.48. The van der Waals surface area contributed by atoms with Gasteiger partial charge in [-0.1, -0.05) is 54.2 Å². The summed E-state index contributed by atoms with van der Waals surface area (Å²) in [7, 11) is 0. The summed E-state index contributed by atoms with van der Waals surface area (Å²) in [5.74, 6) is 1.51. The Labute approximate surface area is 202 Å².